The molecule has 0 saturated carbocycles. The minimum Gasteiger partial charge on any atom is -0.0890 e. The molecule has 1 rings (SSSR count). The Morgan fingerprint density at radius 1 is 1.50 bits per heavy atom. The second kappa shape index (κ2) is 2.16. The van der Waals surface area contributed by atoms with E-state index < -0.39 is 0 Å². The van der Waals surface area contributed by atoms with E-state index in [-0.39, 0.29) is 0 Å². The predicted octanol–water partition coefficient (Wildman–Crippen LogP) is 1.72. The lowest BCUT2D eigenvalue weighted by atomic mass is 9.39. The van der Waals surface area contributed by atoms with Crippen molar-refractivity contribution < 1.29 is 0 Å². The zero-order valence-electron chi connectivity index (χ0n) is 6.15. The minimum atomic E-state index is 0.991. The summed E-state index contributed by atoms with van der Waals surface area (Å²) >= 11 is 0. The van der Waals surface area contributed by atoms with Crippen LogP contribution in [0.5, 0.6) is 0 Å². The Labute approximate surface area is 53.4 Å². The SMILES string of the molecule is CB1CC(C)BC1C. The monoisotopic (exact) mass is 108 g/mol. The van der Waals surface area contributed by atoms with E-state index in [0.29, 0.717) is 0 Å². The zero-order valence-corrected chi connectivity index (χ0v) is 6.15. The molecule has 1 heterocycles. The first-order chi connectivity index (χ1) is 3.70. The van der Waals surface area contributed by atoms with Gasteiger partial charge in [0.05, 0.1) is 0 Å². The summed E-state index contributed by atoms with van der Waals surface area (Å²) in [7, 11) is 1.46. The van der Waals surface area contributed by atoms with E-state index >= 15 is 0 Å². The van der Waals surface area contributed by atoms with E-state index in [1.54, 1.807) is 0 Å². The van der Waals surface area contributed by atoms with Gasteiger partial charge in [0.25, 0.3) is 0 Å². The van der Waals surface area contributed by atoms with E-state index in [1.165, 1.54) is 13.6 Å². The van der Waals surface area contributed by atoms with Crippen molar-refractivity contribution in [1.29, 1.82) is 0 Å². The number of rotatable bonds is 0. The van der Waals surface area contributed by atoms with Crippen LogP contribution in [0.2, 0.25) is 24.7 Å². The van der Waals surface area contributed by atoms with Gasteiger partial charge in [-0.3, -0.25) is 0 Å². The lowest BCUT2D eigenvalue weighted by Gasteiger charge is -2.00. The molecular weight excluding hydrogens is 93.7 g/mol. The molecule has 0 aromatic heterocycles. The summed E-state index contributed by atoms with van der Waals surface area (Å²) < 4.78 is 0. The molecule has 2 heteroatoms. The van der Waals surface area contributed by atoms with Crippen LogP contribution in [-0.2, 0) is 0 Å². The minimum absolute atomic E-state index is 0.991. The van der Waals surface area contributed by atoms with Crippen LogP contribution in [0.4, 0.5) is 0 Å². The normalized spacial score (nSPS) is 37.6. The van der Waals surface area contributed by atoms with Gasteiger partial charge in [-0.25, -0.2) is 0 Å². The van der Waals surface area contributed by atoms with Gasteiger partial charge in [0, 0.05) is 0 Å². The maximum Gasteiger partial charge on any atom is 0.131 e. The maximum atomic E-state index is 2.37. The molecule has 0 nitrogen and oxygen atoms in total. The van der Waals surface area contributed by atoms with Crippen molar-refractivity contribution in [3.05, 3.63) is 0 Å². The molecule has 44 valence electrons. The average molecular weight is 108 g/mol. The van der Waals surface area contributed by atoms with Crippen molar-refractivity contribution in [2.45, 2.75) is 38.5 Å². The van der Waals surface area contributed by atoms with Gasteiger partial charge in [-0.15, -0.1) is 0 Å². The van der Waals surface area contributed by atoms with Gasteiger partial charge in [0.2, 0.25) is 0 Å². The molecule has 2 atom stereocenters. The third-order valence-corrected chi connectivity index (χ3v) is 2.52. The average Bonchev–Trinajstić information content (AvgIpc) is 1.85. The topological polar surface area (TPSA) is 0 Å². The summed E-state index contributed by atoms with van der Waals surface area (Å²) in [6, 6.07) is 0. The fourth-order valence-electron chi connectivity index (χ4n) is 1.83. The number of hydrogen-bond acceptors (Lipinski definition) is 0. The van der Waals surface area contributed by atoms with Gasteiger partial charge in [0.1, 0.15) is 14.0 Å². The Balaban J connectivity index is 2.39. The van der Waals surface area contributed by atoms with E-state index in [1.807, 2.05) is 0 Å². The molecule has 0 radical (unpaired) electrons. The van der Waals surface area contributed by atoms with Crippen LogP contribution in [0.3, 0.4) is 0 Å². The van der Waals surface area contributed by atoms with Crippen LogP contribution < -0.4 is 0 Å². The molecule has 0 aromatic rings. The van der Waals surface area contributed by atoms with E-state index in [2.05, 4.69) is 20.7 Å². The molecular formula is C6H14B2. The summed E-state index contributed by atoms with van der Waals surface area (Å²) in [4.78, 5) is 0. The summed E-state index contributed by atoms with van der Waals surface area (Å²) in [6.45, 7) is 8.09. The summed E-state index contributed by atoms with van der Waals surface area (Å²) in [5.41, 5.74) is 0.991. The molecule has 1 aliphatic rings. The summed E-state index contributed by atoms with van der Waals surface area (Å²) in [5, 5.41) is 0. The second-order valence-electron chi connectivity index (χ2n) is 3.53. The van der Waals surface area contributed by atoms with Crippen LogP contribution in [0.15, 0.2) is 0 Å². The van der Waals surface area contributed by atoms with Crippen molar-refractivity contribution in [2.75, 3.05) is 0 Å². The molecule has 0 amide bonds. The predicted molar refractivity (Wildman–Crippen MR) is 42.4 cm³/mol. The molecule has 1 fully saturated rings. The van der Waals surface area contributed by atoms with E-state index in [0.717, 1.165) is 18.2 Å². The first-order valence-corrected chi connectivity index (χ1v) is 3.70. The highest BCUT2D eigenvalue weighted by atomic mass is 14.0. The Morgan fingerprint density at radius 2 is 2.12 bits per heavy atom. The Morgan fingerprint density at radius 3 is 2.25 bits per heavy atom. The van der Waals surface area contributed by atoms with E-state index in [4.69, 9.17) is 0 Å². The van der Waals surface area contributed by atoms with E-state index in [9.17, 15) is 0 Å². The number of hydrogen-bond donors (Lipinski definition) is 0. The Bertz CT molecular complexity index is 72.6. The summed E-state index contributed by atoms with van der Waals surface area (Å²) in [5.74, 6) is 1.000. The third kappa shape index (κ3) is 1.10. The fourth-order valence-corrected chi connectivity index (χ4v) is 1.83. The quantitative estimate of drug-likeness (QED) is 0.414. The molecule has 8 heavy (non-hydrogen) atoms. The Kier molecular flexibility index (Phi) is 1.69. The van der Waals surface area contributed by atoms with Crippen LogP contribution in [-0.4, -0.2) is 14.0 Å². The van der Waals surface area contributed by atoms with Crippen LogP contribution >= 0.6 is 0 Å². The molecule has 0 aromatic carbocycles. The van der Waals surface area contributed by atoms with Gasteiger partial charge < -0.3 is 0 Å². The van der Waals surface area contributed by atoms with Gasteiger partial charge in [-0.1, -0.05) is 38.5 Å². The van der Waals surface area contributed by atoms with Crippen molar-refractivity contribution in [3.8, 4) is 0 Å². The van der Waals surface area contributed by atoms with Crippen molar-refractivity contribution in [2.24, 2.45) is 0 Å². The van der Waals surface area contributed by atoms with Gasteiger partial charge in [0.15, 0.2) is 0 Å². The Hall–Kier alpha value is 0.130. The molecule has 2 unspecified atom stereocenters. The second-order valence-corrected chi connectivity index (χ2v) is 3.53. The molecule has 0 aliphatic carbocycles. The molecule has 0 spiro atoms. The fraction of sp³-hybridized carbons (Fsp3) is 1.00. The third-order valence-electron chi connectivity index (χ3n) is 2.52. The van der Waals surface area contributed by atoms with Crippen LogP contribution in [0.25, 0.3) is 0 Å². The lowest BCUT2D eigenvalue weighted by molar-refractivity contribution is 1.06. The van der Waals surface area contributed by atoms with Gasteiger partial charge in [-0.05, 0) is 0 Å². The highest BCUT2D eigenvalue weighted by Crippen LogP contribution is 2.30. The lowest BCUT2D eigenvalue weighted by Crippen LogP contribution is -2.07. The highest BCUT2D eigenvalue weighted by Gasteiger charge is 2.28. The largest absolute Gasteiger partial charge is 0.131 e. The first-order valence-electron chi connectivity index (χ1n) is 3.70. The van der Waals surface area contributed by atoms with Crippen LogP contribution in [0, 0.1) is 0 Å². The molecule has 0 bridgehead atoms. The smallest absolute Gasteiger partial charge is 0.0890 e. The van der Waals surface area contributed by atoms with Crippen LogP contribution in [0.1, 0.15) is 13.8 Å². The zero-order chi connectivity index (χ0) is 6.15. The molecule has 1 saturated heterocycles. The van der Waals surface area contributed by atoms with Crippen molar-refractivity contribution in [1.82, 2.24) is 0 Å². The first kappa shape index (κ1) is 6.25. The van der Waals surface area contributed by atoms with Crippen molar-refractivity contribution >= 4 is 14.0 Å². The highest BCUT2D eigenvalue weighted by molar-refractivity contribution is 6.76. The standard InChI is InChI=1S/C6H14B2/c1-5-4-8(3)6(2)7-5/h5-7H,4H2,1-3H3. The summed E-state index contributed by atoms with van der Waals surface area (Å²) in [6.07, 6.45) is 1.46. The van der Waals surface area contributed by atoms with Gasteiger partial charge >= 0.3 is 0 Å². The van der Waals surface area contributed by atoms with Crippen molar-refractivity contribution in [3.63, 3.8) is 0 Å². The molecule has 1 aliphatic heterocycles. The molecule has 0 N–H and O–H groups in total. The van der Waals surface area contributed by atoms with Gasteiger partial charge in [-0.2, -0.15) is 0 Å². The maximum absolute atomic E-state index is 2.37.